The van der Waals surface area contributed by atoms with Crippen LogP contribution in [0.25, 0.3) is 0 Å². The maximum absolute atomic E-state index is 12.9. The average molecular weight is 1040 g/mol. The summed E-state index contributed by atoms with van der Waals surface area (Å²) >= 11 is 0. The lowest BCUT2D eigenvalue weighted by molar-refractivity contribution is -0.167. The SMILES string of the molecule is CC/C=C\C/C=C\C/C=C\C/C=C\C/C=C\C/C=C\CCCCCCC(=O)OCC(COC(=O)CCCCCCC/C=C\CCCCCCCCC)OC(=O)CCCCCCCCC/C=C\CCCCCCCCC. The van der Waals surface area contributed by atoms with Crippen LogP contribution in [0.2, 0.25) is 0 Å². The van der Waals surface area contributed by atoms with Crippen LogP contribution in [-0.4, -0.2) is 37.2 Å². The third-order valence-electron chi connectivity index (χ3n) is 13.5. The molecule has 430 valence electrons. The van der Waals surface area contributed by atoms with Crippen LogP contribution in [0.15, 0.2) is 97.2 Å². The Kier molecular flexibility index (Phi) is 59.8. The third-order valence-corrected chi connectivity index (χ3v) is 13.5. The molecule has 0 aromatic rings. The third kappa shape index (κ3) is 61.1. The van der Waals surface area contributed by atoms with E-state index in [1.54, 1.807) is 0 Å². The minimum atomic E-state index is -0.796. The summed E-state index contributed by atoms with van der Waals surface area (Å²) < 4.78 is 16.9. The molecule has 0 N–H and O–H groups in total. The van der Waals surface area contributed by atoms with Gasteiger partial charge in [-0.1, -0.05) is 259 Å². The Bertz CT molecular complexity index is 1480. The molecule has 0 bridgehead atoms. The number of unbranched alkanes of at least 4 members (excludes halogenated alkanes) is 30. The molecule has 6 nitrogen and oxygen atoms in total. The van der Waals surface area contributed by atoms with Gasteiger partial charge in [0, 0.05) is 19.3 Å². The highest BCUT2D eigenvalue weighted by Gasteiger charge is 2.19. The summed E-state index contributed by atoms with van der Waals surface area (Å²) in [6.45, 7) is 6.51. The van der Waals surface area contributed by atoms with Gasteiger partial charge in [-0.15, -0.1) is 0 Å². The number of carbonyl (C=O) groups is 3. The zero-order valence-corrected chi connectivity index (χ0v) is 49.3. The van der Waals surface area contributed by atoms with Gasteiger partial charge in [-0.2, -0.15) is 0 Å². The molecule has 0 aromatic heterocycles. The Balaban J connectivity index is 4.44. The van der Waals surface area contributed by atoms with E-state index in [0.717, 1.165) is 116 Å². The lowest BCUT2D eigenvalue weighted by Gasteiger charge is -2.18. The van der Waals surface area contributed by atoms with E-state index in [1.807, 2.05) is 0 Å². The Morgan fingerprint density at radius 2 is 0.520 bits per heavy atom. The van der Waals surface area contributed by atoms with Crippen molar-refractivity contribution in [2.75, 3.05) is 13.2 Å². The second-order valence-corrected chi connectivity index (χ2v) is 20.9. The van der Waals surface area contributed by atoms with Crippen LogP contribution in [0.1, 0.15) is 303 Å². The molecule has 0 rings (SSSR count). The topological polar surface area (TPSA) is 78.9 Å². The number of allylic oxidation sites excluding steroid dienone is 16. The predicted molar refractivity (Wildman–Crippen MR) is 325 cm³/mol. The van der Waals surface area contributed by atoms with Crippen molar-refractivity contribution in [3.8, 4) is 0 Å². The van der Waals surface area contributed by atoms with Crippen molar-refractivity contribution < 1.29 is 28.6 Å². The number of ether oxygens (including phenoxy) is 3. The molecule has 0 heterocycles. The quantitative estimate of drug-likeness (QED) is 0.0261. The first-order chi connectivity index (χ1) is 37.0. The number of rotatable bonds is 57. The summed E-state index contributed by atoms with van der Waals surface area (Å²) in [6, 6.07) is 0. The van der Waals surface area contributed by atoms with Crippen LogP contribution in [0.3, 0.4) is 0 Å². The summed E-state index contributed by atoms with van der Waals surface area (Å²) in [6.07, 6.45) is 84.0. The van der Waals surface area contributed by atoms with Gasteiger partial charge in [0.2, 0.25) is 0 Å². The second kappa shape index (κ2) is 62.9. The lowest BCUT2D eigenvalue weighted by atomic mass is 10.1. The molecule has 1 atom stereocenters. The molecule has 0 spiro atoms. The van der Waals surface area contributed by atoms with E-state index in [-0.39, 0.29) is 31.1 Å². The van der Waals surface area contributed by atoms with Gasteiger partial charge in [0.15, 0.2) is 6.10 Å². The van der Waals surface area contributed by atoms with E-state index in [1.165, 1.54) is 148 Å². The molecular weight excluding hydrogens is 925 g/mol. The van der Waals surface area contributed by atoms with E-state index < -0.39 is 6.10 Å². The summed E-state index contributed by atoms with van der Waals surface area (Å²) in [5, 5.41) is 0. The van der Waals surface area contributed by atoms with Crippen LogP contribution in [0.5, 0.6) is 0 Å². The van der Waals surface area contributed by atoms with Crippen molar-refractivity contribution in [2.24, 2.45) is 0 Å². The molecule has 1 unspecified atom stereocenters. The molecule has 0 saturated carbocycles. The van der Waals surface area contributed by atoms with Crippen molar-refractivity contribution >= 4 is 17.9 Å². The first kappa shape index (κ1) is 71.3. The van der Waals surface area contributed by atoms with Gasteiger partial charge in [0.25, 0.3) is 0 Å². The van der Waals surface area contributed by atoms with E-state index in [2.05, 4.69) is 118 Å². The molecule has 0 fully saturated rings. The maximum Gasteiger partial charge on any atom is 0.306 e. The van der Waals surface area contributed by atoms with Gasteiger partial charge >= 0.3 is 17.9 Å². The van der Waals surface area contributed by atoms with Gasteiger partial charge in [0.1, 0.15) is 13.2 Å². The van der Waals surface area contributed by atoms with Crippen molar-refractivity contribution in [3.05, 3.63) is 97.2 Å². The predicted octanol–water partition coefficient (Wildman–Crippen LogP) is 21.7. The molecule has 0 aliphatic rings. The van der Waals surface area contributed by atoms with Crippen molar-refractivity contribution in [1.82, 2.24) is 0 Å². The fraction of sp³-hybridized carbons (Fsp3) is 0.725. The molecule has 0 aliphatic heterocycles. The zero-order chi connectivity index (χ0) is 54.3. The van der Waals surface area contributed by atoms with Gasteiger partial charge in [-0.3, -0.25) is 14.4 Å². The van der Waals surface area contributed by atoms with E-state index in [9.17, 15) is 14.4 Å². The van der Waals surface area contributed by atoms with Crippen LogP contribution in [0.4, 0.5) is 0 Å². The van der Waals surface area contributed by atoms with Gasteiger partial charge in [0.05, 0.1) is 0 Å². The number of carbonyl (C=O) groups excluding carboxylic acids is 3. The number of esters is 3. The fourth-order valence-corrected chi connectivity index (χ4v) is 8.79. The molecule has 6 heteroatoms. The fourth-order valence-electron chi connectivity index (χ4n) is 8.79. The Morgan fingerprint density at radius 3 is 0.827 bits per heavy atom. The van der Waals surface area contributed by atoms with Crippen molar-refractivity contribution in [2.45, 2.75) is 309 Å². The lowest BCUT2D eigenvalue weighted by Crippen LogP contribution is -2.30. The Labute approximate surface area is 464 Å². The van der Waals surface area contributed by atoms with Gasteiger partial charge in [-0.05, 0) is 122 Å². The molecule has 0 amide bonds. The highest BCUT2D eigenvalue weighted by atomic mass is 16.6. The smallest absolute Gasteiger partial charge is 0.306 e. The molecule has 0 aromatic carbocycles. The summed E-state index contributed by atoms with van der Waals surface area (Å²) in [7, 11) is 0. The first-order valence-corrected chi connectivity index (χ1v) is 31.7. The number of hydrogen-bond donors (Lipinski definition) is 0. The van der Waals surface area contributed by atoms with Crippen LogP contribution >= 0.6 is 0 Å². The van der Waals surface area contributed by atoms with Crippen LogP contribution < -0.4 is 0 Å². The molecular formula is C69H118O6. The zero-order valence-electron chi connectivity index (χ0n) is 49.3. The summed E-state index contributed by atoms with van der Waals surface area (Å²) in [5.74, 6) is -0.920. The summed E-state index contributed by atoms with van der Waals surface area (Å²) in [5.41, 5.74) is 0. The second-order valence-electron chi connectivity index (χ2n) is 20.9. The molecule has 0 saturated heterocycles. The monoisotopic (exact) mass is 1040 g/mol. The van der Waals surface area contributed by atoms with E-state index >= 15 is 0 Å². The molecule has 75 heavy (non-hydrogen) atoms. The molecule has 0 aliphatic carbocycles. The highest BCUT2D eigenvalue weighted by molar-refractivity contribution is 5.71. The maximum atomic E-state index is 12.9. The van der Waals surface area contributed by atoms with E-state index in [0.29, 0.717) is 19.3 Å². The first-order valence-electron chi connectivity index (χ1n) is 31.7. The largest absolute Gasteiger partial charge is 0.462 e. The van der Waals surface area contributed by atoms with Crippen molar-refractivity contribution in [3.63, 3.8) is 0 Å². The minimum Gasteiger partial charge on any atom is -0.462 e. The van der Waals surface area contributed by atoms with Gasteiger partial charge in [-0.25, -0.2) is 0 Å². The summed E-state index contributed by atoms with van der Waals surface area (Å²) in [4.78, 5) is 38.3. The van der Waals surface area contributed by atoms with E-state index in [4.69, 9.17) is 14.2 Å². The van der Waals surface area contributed by atoms with Crippen LogP contribution in [0, 0.1) is 0 Å². The van der Waals surface area contributed by atoms with Crippen LogP contribution in [-0.2, 0) is 28.6 Å². The normalized spacial score (nSPS) is 12.7. The Morgan fingerprint density at radius 1 is 0.280 bits per heavy atom. The standard InChI is InChI=1S/C69H118O6/c1-4-7-10-13-16-19-22-25-28-31-33-34-35-36-37-39-41-44-47-50-53-56-59-62-68(71)74-65-66(64-73-67(70)61-58-55-52-49-46-43-40-30-27-24-21-18-15-12-9-6-3)75-69(72)63-60-57-54-51-48-45-42-38-32-29-26-23-20-17-14-11-8-5-2/h7,10,16,19,25,28-30,32-34,36-37,40-41,44,66H,4-6,8-9,11-15,17-18,20-24,26-27,31,35,38-39,42-43,45-65H2,1-3H3/b10-7-,19-16-,28-25-,32-29-,34-33-,37-36-,40-30-,44-41-. The molecule has 0 radical (unpaired) electrons. The minimum absolute atomic E-state index is 0.0913. The highest BCUT2D eigenvalue weighted by Crippen LogP contribution is 2.15. The average Bonchev–Trinajstić information content (AvgIpc) is 3.41. The van der Waals surface area contributed by atoms with Crippen molar-refractivity contribution in [1.29, 1.82) is 0 Å². The number of hydrogen-bond acceptors (Lipinski definition) is 6. The van der Waals surface area contributed by atoms with Gasteiger partial charge < -0.3 is 14.2 Å². The Hall–Kier alpha value is -3.67.